The van der Waals surface area contributed by atoms with E-state index in [4.69, 9.17) is 0 Å². The van der Waals surface area contributed by atoms with Crippen molar-refractivity contribution >= 4 is 80.9 Å². The Morgan fingerprint density at radius 3 is 1.18 bits per heavy atom. The van der Waals surface area contributed by atoms with Crippen LogP contribution in [0.4, 0.5) is 17.1 Å². The van der Waals surface area contributed by atoms with Crippen molar-refractivity contribution in [3.63, 3.8) is 0 Å². The Balaban J connectivity index is 0.902. The number of benzene rings is 13. The number of hydrogen-bond acceptors (Lipinski definition) is 2. The van der Waals surface area contributed by atoms with Crippen LogP contribution in [0.25, 0.3) is 119 Å². The van der Waals surface area contributed by atoms with Crippen molar-refractivity contribution in [1.82, 2.24) is 0 Å². The zero-order valence-electron chi connectivity index (χ0n) is 40.5. The number of hydrogen-bond donors (Lipinski definition) is 0. The summed E-state index contributed by atoms with van der Waals surface area (Å²) in [5.74, 6) is 0. The van der Waals surface area contributed by atoms with Crippen molar-refractivity contribution in [2.45, 2.75) is 0 Å². The third kappa shape index (κ3) is 7.55. The minimum Gasteiger partial charge on any atom is -0.310 e. The lowest BCUT2D eigenvalue weighted by molar-refractivity contribution is 1.30. The zero-order valence-corrected chi connectivity index (χ0v) is 41.3. The number of fused-ring (bicyclic) bond motifs is 6. The molecule has 0 fully saturated rings. The van der Waals surface area contributed by atoms with Gasteiger partial charge in [0.05, 0.1) is 5.69 Å². The zero-order chi connectivity index (χ0) is 49.0. The van der Waals surface area contributed by atoms with Gasteiger partial charge >= 0.3 is 0 Å². The molecule has 0 bridgehead atoms. The van der Waals surface area contributed by atoms with Gasteiger partial charge in [0.2, 0.25) is 0 Å². The highest BCUT2D eigenvalue weighted by atomic mass is 32.1. The van der Waals surface area contributed by atoms with Crippen LogP contribution in [0.5, 0.6) is 0 Å². The summed E-state index contributed by atoms with van der Waals surface area (Å²) in [5.41, 5.74) is 17.9. The number of thiophene rings is 1. The molecule has 1 heterocycles. The SMILES string of the molecule is c1ccc(-c2ccccc2-c2cccc3ccccc23)c(-c2ccc(N(c3ccc(-c4ccc(-c5cccc6ccccc56)cc4)cc3)c3ccc(-c4cccc5ccccc45)c4sc5ccccc5c34)cc2)c1. The first-order valence-corrected chi connectivity index (χ1v) is 26.2. The summed E-state index contributed by atoms with van der Waals surface area (Å²) in [6.45, 7) is 0. The first-order valence-electron chi connectivity index (χ1n) is 25.4. The van der Waals surface area contributed by atoms with Crippen LogP contribution in [0.1, 0.15) is 0 Å². The lowest BCUT2D eigenvalue weighted by Gasteiger charge is -2.27. The predicted molar refractivity (Wildman–Crippen MR) is 319 cm³/mol. The largest absolute Gasteiger partial charge is 0.310 e. The molecule has 0 saturated heterocycles. The van der Waals surface area contributed by atoms with Crippen LogP contribution in [0, 0.1) is 0 Å². The van der Waals surface area contributed by atoms with Gasteiger partial charge in [-0.1, -0.05) is 249 Å². The molecule has 346 valence electrons. The second kappa shape index (κ2) is 18.4. The standard InChI is InChI=1S/C72H47NS/c1-4-22-57-50(16-1)19-13-30-58(57)53-36-34-48(35-37-53)49-38-42-55(43-39-49)73(69-47-46-67(64-32-15-21-52-18-3-6-24-60(52)64)72-71(69)68-29-11-12-33-70(68)74-72)56-44-40-54(41-45-56)61-25-7-8-26-62(61)65-27-9-10-28-66(65)63-31-14-20-51-17-2-5-23-59(51)63/h1-47H. The van der Waals surface area contributed by atoms with Gasteiger partial charge in [0.1, 0.15) is 0 Å². The Labute approximate surface area is 435 Å². The monoisotopic (exact) mass is 957 g/mol. The third-order valence-electron chi connectivity index (χ3n) is 14.9. The van der Waals surface area contributed by atoms with Crippen LogP contribution in [-0.2, 0) is 0 Å². The summed E-state index contributed by atoms with van der Waals surface area (Å²) >= 11 is 1.89. The highest BCUT2D eigenvalue weighted by Gasteiger charge is 2.23. The molecule has 0 saturated carbocycles. The van der Waals surface area contributed by atoms with Crippen molar-refractivity contribution in [2.75, 3.05) is 4.90 Å². The molecule has 14 rings (SSSR count). The molecule has 74 heavy (non-hydrogen) atoms. The van der Waals surface area contributed by atoms with E-state index in [-0.39, 0.29) is 0 Å². The molecule has 0 N–H and O–H groups in total. The molecule has 2 heteroatoms. The van der Waals surface area contributed by atoms with Crippen molar-refractivity contribution in [3.8, 4) is 66.8 Å². The molecule has 0 atom stereocenters. The van der Waals surface area contributed by atoms with Crippen molar-refractivity contribution < 1.29 is 0 Å². The number of anilines is 3. The van der Waals surface area contributed by atoms with Crippen LogP contribution in [-0.4, -0.2) is 0 Å². The van der Waals surface area contributed by atoms with Gasteiger partial charge in [0.15, 0.2) is 0 Å². The Morgan fingerprint density at radius 1 is 0.230 bits per heavy atom. The van der Waals surface area contributed by atoms with Crippen LogP contribution in [0.3, 0.4) is 0 Å². The maximum Gasteiger partial charge on any atom is 0.0555 e. The third-order valence-corrected chi connectivity index (χ3v) is 16.1. The highest BCUT2D eigenvalue weighted by Crippen LogP contribution is 2.50. The summed E-state index contributed by atoms with van der Waals surface area (Å²) in [4.78, 5) is 2.47. The molecule has 0 spiro atoms. The second-order valence-corrected chi connectivity index (χ2v) is 20.2. The van der Waals surface area contributed by atoms with Gasteiger partial charge in [-0.3, -0.25) is 0 Å². The van der Waals surface area contributed by atoms with Crippen molar-refractivity contribution in [3.05, 3.63) is 285 Å². The van der Waals surface area contributed by atoms with Crippen molar-refractivity contribution in [1.29, 1.82) is 0 Å². The fraction of sp³-hybridized carbons (Fsp3) is 0. The molecule has 1 nitrogen and oxygen atoms in total. The van der Waals surface area contributed by atoms with Gasteiger partial charge in [-0.15, -0.1) is 11.3 Å². The first kappa shape index (κ1) is 43.4. The molecule has 0 radical (unpaired) electrons. The van der Waals surface area contributed by atoms with Crippen LogP contribution in [0.15, 0.2) is 285 Å². The van der Waals surface area contributed by atoms with E-state index < -0.39 is 0 Å². The Hall–Kier alpha value is -9.34. The maximum absolute atomic E-state index is 2.47. The molecule has 0 aliphatic rings. The average molecular weight is 958 g/mol. The quantitative estimate of drug-likeness (QED) is 0.139. The summed E-state index contributed by atoms with van der Waals surface area (Å²) in [6, 6.07) is 105. The molecule has 13 aromatic carbocycles. The molecular weight excluding hydrogens is 911 g/mol. The van der Waals surface area contributed by atoms with Gasteiger partial charge in [-0.25, -0.2) is 0 Å². The summed E-state index contributed by atoms with van der Waals surface area (Å²) in [6.07, 6.45) is 0. The summed E-state index contributed by atoms with van der Waals surface area (Å²) in [7, 11) is 0. The highest BCUT2D eigenvalue weighted by molar-refractivity contribution is 7.26. The lowest BCUT2D eigenvalue weighted by Crippen LogP contribution is -2.10. The molecule has 0 amide bonds. The minimum atomic E-state index is 1.09. The van der Waals surface area contributed by atoms with E-state index >= 15 is 0 Å². The lowest BCUT2D eigenvalue weighted by atomic mass is 9.88. The van der Waals surface area contributed by atoms with Crippen LogP contribution >= 0.6 is 11.3 Å². The Kier molecular flexibility index (Phi) is 10.8. The van der Waals surface area contributed by atoms with E-state index in [0.717, 1.165) is 22.6 Å². The van der Waals surface area contributed by atoms with Gasteiger partial charge < -0.3 is 4.90 Å². The van der Waals surface area contributed by atoms with Gasteiger partial charge in [0.25, 0.3) is 0 Å². The molecule has 0 aliphatic heterocycles. The van der Waals surface area contributed by atoms with Crippen LogP contribution in [0.2, 0.25) is 0 Å². The fourth-order valence-corrected chi connectivity index (χ4v) is 12.6. The van der Waals surface area contributed by atoms with Gasteiger partial charge in [0, 0.05) is 37.1 Å². The van der Waals surface area contributed by atoms with E-state index in [9.17, 15) is 0 Å². The molecule has 0 aliphatic carbocycles. The topological polar surface area (TPSA) is 3.24 Å². The van der Waals surface area contributed by atoms with E-state index in [1.807, 2.05) is 11.3 Å². The van der Waals surface area contributed by atoms with Gasteiger partial charge in [-0.2, -0.15) is 0 Å². The molecular formula is C72H47NS. The molecule has 14 aromatic rings. The Morgan fingerprint density at radius 2 is 0.595 bits per heavy atom. The van der Waals surface area contributed by atoms with Gasteiger partial charge in [-0.05, 0) is 130 Å². The first-order chi connectivity index (χ1) is 36.7. The molecule has 0 unspecified atom stereocenters. The number of rotatable bonds is 9. The summed E-state index contributed by atoms with van der Waals surface area (Å²) < 4.78 is 2.55. The van der Waals surface area contributed by atoms with E-state index in [1.165, 1.54) is 114 Å². The smallest absolute Gasteiger partial charge is 0.0555 e. The maximum atomic E-state index is 2.47. The van der Waals surface area contributed by atoms with E-state index in [1.54, 1.807) is 0 Å². The van der Waals surface area contributed by atoms with E-state index in [0.29, 0.717) is 0 Å². The average Bonchev–Trinajstić information content (AvgIpc) is 3.90. The normalized spacial score (nSPS) is 11.5. The predicted octanol–water partition coefficient (Wildman–Crippen LogP) is 21.0. The fourth-order valence-electron chi connectivity index (χ4n) is 11.4. The van der Waals surface area contributed by atoms with E-state index in [2.05, 4.69) is 290 Å². The Bertz CT molecular complexity index is 4400. The molecule has 1 aromatic heterocycles. The summed E-state index contributed by atoms with van der Waals surface area (Å²) in [5, 5.41) is 10.0. The second-order valence-electron chi connectivity index (χ2n) is 19.1. The van der Waals surface area contributed by atoms with Crippen LogP contribution < -0.4 is 4.90 Å². The number of nitrogens with zero attached hydrogens (tertiary/aromatic N) is 1. The van der Waals surface area contributed by atoms with Crippen molar-refractivity contribution in [2.24, 2.45) is 0 Å². The minimum absolute atomic E-state index is 1.09.